The molecule has 1 aliphatic rings. The summed E-state index contributed by atoms with van der Waals surface area (Å²) in [7, 11) is -3.99. The number of nitrogens with zero attached hydrogens (tertiary/aromatic N) is 1. The van der Waals surface area contributed by atoms with Crippen molar-refractivity contribution in [1.82, 2.24) is 5.32 Å². The van der Waals surface area contributed by atoms with Gasteiger partial charge in [0.25, 0.3) is 10.0 Å². The molecule has 3 aromatic carbocycles. The van der Waals surface area contributed by atoms with E-state index in [4.69, 9.17) is 11.6 Å². The number of carbonyl (C=O) groups excluding carboxylic acids is 1. The molecule has 1 aliphatic carbocycles. The zero-order chi connectivity index (χ0) is 25.2. The fraction of sp³-hybridized carbons (Fsp3) is 0.321. The van der Waals surface area contributed by atoms with Crippen molar-refractivity contribution in [3.05, 3.63) is 93.5 Å². The number of rotatable bonds is 7. The lowest BCUT2D eigenvalue weighted by molar-refractivity contribution is -0.120. The molecule has 5 nitrogen and oxygen atoms in total. The minimum Gasteiger partial charge on any atom is -0.348 e. The molecule has 0 saturated heterocycles. The van der Waals surface area contributed by atoms with Crippen LogP contribution in [0.4, 0.5) is 5.69 Å². The van der Waals surface area contributed by atoms with Crippen molar-refractivity contribution in [2.75, 3.05) is 10.8 Å². The van der Waals surface area contributed by atoms with Gasteiger partial charge in [-0.2, -0.15) is 0 Å². The van der Waals surface area contributed by atoms with Crippen LogP contribution < -0.4 is 9.62 Å². The summed E-state index contributed by atoms with van der Waals surface area (Å²) in [6.45, 7) is 5.48. The first kappa shape index (κ1) is 25.3. The smallest absolute Gasteiger partial charge is 0.264 e. The van der Waals surface area contributed by atoms with Crippen LogP contribution in [0.15, 0.2) is 65.6 Å². The number of hydrogen-bond acceptors (Lipinski definition) is 3. The van der Waals surface area contributed by atoms with E-state index in [0.717, 1.165) is 33.8 Å². The van der Waals surface area contributed by atoms with Crippen LogP contribution in [0.1, 0.15) is 53.6 Å². The van der Waals surface area contributed by atoms with E-state index in [0.29, 0.717) is 10.7 Å². The van der Waals surface area contributed by atoms with Gasteiger partial charge in [-0.05, 0) is 111 Å². The summed E-state index contributed by atoms with van der Waals surface area (Å²) < 4.78 is 28.4. The van der Waals surface area contributed by atoms with E-state index in [2.05, 4.69) is 23.5 Å². The molecular formula is C28H31ClN2O3S. The predicted molar refractivity (Wildman–Crippen MR) is 142 cm³/mol. The average molecular weight is 511 g/mol. The number of fused-ring (bicyclic) bond motifs is 1. The maximum atomic E-state index is 13.6. The molecule has 3 aromatic rings. The topological polar surface area (TPSA) is 66.5 Å². The van der Waals surface area contributed by atoms with Gasteiger partial charge in [-0.3, -0.25) is 9.10 Å². The molecule has 0 spiro atoms. The Morgan fingerprint density at radius 2 is 1.63 bits per heavy atom. The third-order valence-electron chi connectivity index (χ3n) is 6.72. The Morgan fingerprint density at radius 1 is 0.943 bits per heavy atom. The number of nitrogens with one attached hydrogen (secondary N) is 1. The third kappa shape index (κ3) is 5.71. The van der Waals surface area contributed by atoms with Crippen molar-refractivity contribution in [3.63, 3.8) is 0 Å². The summed E-state index contributed by atoms with van der Waals surface area (Å²) in [5, 5.41) is 3.44. The first-order chi connectivity index (χ1) is 16.6. The van der Waals surface area contributed by atoms with Crippen molar-refractivity contribution in [2.24, 2.45) is 0 Å². The normalized spacial score (nSPS) is 14.2. The number of anilines is 1. The van der Waals surface area contributed by atoms with Gasteiger partial charge in [0, 0.05) is 5.02 Å². The monoisotopic (exact) mass is 510 g/mol. The van der Waals surface area contributed by atoms with Gasteiger partial charge in [-0.1, -0.05) is 35.9 Å². The van der Waals surface area contributed by atoms with Crippen LogP contribution in [0.5, 0.6) is 0 Å². The van der Waals surface area contributed by atoms with Gasteiger partial charge in [0.1, 0.15) is 6.54 Å². The Bertz CT molecular complexity index is 1340. The summed E-state index contributed by atoms with van der Waals surface area (Å²) in [4.78, 5) is 13.2. The van der Waals surface area contributed by atoms with Crippen molar-refractivity contribution >= 4 is 33.2 Å². The summed E-state index contributed by atoms with van der Waals surface area (Å²) >= 11 is 5.97. The molecular weight excluding hydrogens is 480 g/mol. The van der Waals surface area contributed by atoms with Crippen LogP contribution in [0, 0.1) is 13.8 Å². The molecule has 7 heteroatoms. The minimum atomic E-state index is -3.99. The van der Waals surface area contributed by atoms with Crippen molar-refractivity contribution in [1.29, 1.82) is 0 Å². The summed E-state index contributed by atoms with van der Waals surface area (Å²) in [5.74, 6) is -0.369. The highest BCUT2D eigenvalue weighted by Crippen LogP contribution is 2.28. The van der Waals surface area contributed by atoms with Crippen LogP contribution in [0.3, 0.4) is 0 Å². The average Bonchev–Trinajstić information content (AvgIpc) is 2.84. The molecule has 184 valence electrons. The first-order valence-corrected chi connectivity index (χ1v) is 13.7. The second kappa shape index (κ2) is 10.4. The van der Waals surface area contributed by atoms with Gasteiger partial charge in [0.15, 0.2) is 0 Å². The maximum absolute atomic E-state index is 13.6. The first-order valence-electron chi connectivity index (χ1n) is 11.9. The predicted octanol–water partition coefficient (Wildman–Crippen LogP) is 5.91. The molecule has 0 radical (unpaired) electrons. The lowest BCUT2D eigenvalue weighted by atomic mass is 9.89. The SMILES string of the molecule is Cc1ccc(N(CC(=O)NC(C)c2ccc3c(c2)CCCC3)S(=O)(=O)c2ccc(Cl)cc2)cc1C. The Hall–Kier alpha value is -2.83. The van der Waals surface area contributed by atoms with E-state index in [-0.39, 0.29) is 23.4 Å². The second-order valence-corrected chi connectivity index (χ2v) is 11.6. The van der Waals surface area contributed by atoms with Gasteiger partial charge < -0.3 is 5.32 Å². The quantitative estimate of drug-likeness (QED) is 0.429. The standard InChI is InChI=1S/C28H31ClN2O3S/c1-19-8-13-26(16-20(19)2)31(35(33,34)27-14-11-25(29)12-15-27)18-28(32)30-21(3)23-10-9-22-6-4-5-7-24(22)17-23/h8-17,21H,4-7,18H2,1-3H3,(H,30,32). The third-order valence-corrected chi connectivity index (χ3v) is 8.76. The fourth-order valence-electron chi connectivity index (χ4n) is 4.45. The lowest BCUT2D eigenvalue weighted by Crippen LogP contribution is -2.41. The number of sulfonamides is 1. The van der Waals surface area contributed by atoms with Crippen LogP contribution in [-0.4, -0.2) is 20.9 Å². The van der Waals surface area contributed by atoms with Crippen molar-refractivity contribution in [2.45, 2.75) is 57.4 Å². The van der Waals surface area contributed by atoms with Crippen molar-refractivity contribution in [3.8, 4) is 0 Å². The molecule has 0 aromatic heterocycles. The lowest BCUT2D eigenvalue weighted by Gasteiger charge is -2.26. The minimum absolute atomic E-state index is 0.0793. The van der Waals surface area contributed by atoms with Gasteiger partial charge in [0.05, 0.1) is 16.6 Å². The molecule has 35 heavy (non-hydrogen) atoms. The number of benzene rings is 3. The number of carbonyl (C=O) groups is 1. The van der Waals surface area contributed by atoms with E-state index in [1.807, 2.05) is 26.8 Å². The molecule has 0 heterocycles. The highest BCUT2D eigenvalue weighted by Gasteiger charge is 2.28. The second-order valence-electron chi connectivity index (χ2n) is 9.26. The summed E-state index contributed by atoms with van der Waals surface area (Å²) in [6.07, 6.45) is 4.56. The van der Waals surface area contributed by atoms with Gasteiger partial charge in [-0.15, -0.1) is 0 Å². The highest BCUT2D eigenvalue weighted by atomic mass is 35.5. The molecule has 1 unspecified atom stereocenters. The van der Waals surface area contributed by atoms with Gasteiger partial charge in [-0.25, -0.2) is 8.42 Å². The molecule has 1 N–H and O–H groups in total. The van der Waals surface area contributed by atoms with Crippen LogP contribution in [-0.2, 0) is 27.7 Å². The molecule has 0 fully saturated rings. The van der Waals surface area contributed by atoms with E-state index in [9.17, 15) is 13.2 Å². The Morgan fingerprint density at radius 3 is 2.31 bits per heavy atom. The number of aryl methyl sites for hydroxylation is 4. The molecule has 1 amide bonds. The van der Waals surface area contributed by atoms with E-state index < -0.39 is 10.0 Å². The van der Waals surface area contributed by atoms with E-state index >= 15 is 0 Å². The maximum Gasteiger partial charge on any atom is 0.264 e. The summed E-state index contributed by atoms with van der Waals surface area (Å²) in [5.41, 5.74) is 6.19. The highest BCUT2D eigenvalue weighted by molar-refractivity contribution is 7.92. The molecule has 1 atom stereocenters. The molecule has 0 bridgehead atoms. The van der Waals surface area contributed by atoms with Crippen LogP contribution in [0.2, 0.25) is 5.02 Å². The summed E-state index contributed by atoms with van der Waals surface area (Å²) in [6, 6.07) is 17.5. The Balaban J connectivity index is 1.59. The molecule has 4 rings (SSSR count). The molecule has 0 aliphatic heterocycles. The van der Waals surface area contributed by atoms with Crippen LogP contribution in [0.25, 0.3) is 0 Å². The number of amides is 1. The molecule has 0 saturated carbocycles. The van der Waals surface area contributed by atoms with E-state index in [1.54, 1.807) is 12.1 Å². The van der Waals surface area contributed by atoms with E-state index in [1.165, 1.54) is 48.2 Å². The zero-order valence-electron chi connectivity index (χ0n) is 20.3. The van der Waals surface area contributed by atoms with Crippen molar-refractivity contribution < 1.29 is 13.2 Å². The number of halogens is 1. The largest absolute Gasteiger partial charge is 0.348 e. The number of hydrogen-bond donors (Lipinski definition) is 1. The van der Waals surface area contributed by atoms with Gasteiger partial charge >= 0.3 is 0 Å². The van der Waals surface area contributed by atoms with Gasteiger partial charge in [0.2, 0.25) is 5.91 Å². The fourth-order valence-corrected chi connectivity index (χ4v) is 5.99. The zero-order valence-corrected chi connectivity index (χ0v) is 21.9. The Labute approximate surface area is 213 Å². The Kier molecular flexibility index (Phi) is 7.53. The van der Waals surface area contributed by atoms with Crippen LogP contribution >= 0.6 is 11.6 Å².